The summed E-state index contributed by atoms with van der Waals surface area (Å²) in [6.45, 7) is 1.24. The molecule has 1 aromatic heterocycles. The minimum atomic E-state index is -1.69. The highest BCUT2D eigenvalue weighted by atomic mass is 35.5. The van der Waals surface area contributed by atoms with Gasteiger partial charge in [0.25, 0.3) is 0 Å². The number of carbonyl (C=O) groups is 1. The van der Waals surface area contributed by atoms with E-state index in [0.717, 1.165) is 28.2 Å². The second kappa shape index (κ2) is 15.7. The molecular weight excluding hydrogens is 679 g/mol. The lowest BCUT2D eigenvalue weighted by Gasteiger charge is -2.22. The number of aromatic nitrogens is 2. The highest BCUT2D eigenvalue weighted by Gasteiger charge is 2.22. The van der Waals surface area contributed by atoms with Crippen LogP contribution in [0.3, 0.4) is 0 Å². The third-order valence-corrected chi connectivity index (χ3v) is 10.0. The Morgan fingerprint density at radius 1 is 0.816 bits per heavy atom. The first-order valence-corrected chi connectivity index (χ1v) is 17.4. The minimum absolute atomic E-state index is 0.0855. The van der Waals surface area contributed by atoms with Gasteiger partial charge in [0.15, 0.2) is 0 Å². The molecule has 0 aliphatic rings. The van der Waals surface area contributed by atoms with Gasteiger partial charge in [-0.25, -0.2) is 8.51 Å². The average Bonchev–Trinajstić information content (AvgIpc) is 3.52. The molecule has 0 saturated carbocycles. The van der Waals surface area contributed by atoms with E-state index < -0.39 is 11.0 Å². The number of amides is 1. The molecule has 0 aliphatic carbocycles. The van der Waals surface area contributed by atoms with Crippen LogP contribution in [0.15, 0.2) is 120 Å². The number of ether oxygens (including phenoxy) is 2. The zero-order valence-corrected chi connectivity index (χ0v) is 29.3. The van der Waals surface area contributed by atoms with Gasteiger partial charge in [-0.05, 0) is 76.9 Å². The molecule has 11 heteroatoms. The number of benzene rings is 5. The summed E-state index contributed by atoms with van der Waals surface area (Å²) in [5.41, 5.74) is 4.72. The number of rotatable bonds is 13. The highest BCUT2D eigenvalue weighted by Crippen LogP contribution is 2.30. The molecule has 1 heterocycles. The van der Waals surface area contributed by atoms with E-state index in [1.54, 1.807) is 37.1 Å². The zero-order chi connectivity index (χ0) is 34.3. The minimum Gasteiger partial charge on any atom is -0.497 e. The number of anilines is 1. The molecule has 1 N–H and O–H groups in total. The summed E-state index contributed by atoms with van der Waals surface area (Å²) in [6.07, 6.45) is 1.98. The number of nitrogens with one attached hydrogen (secondary N) is 1. The predicted molar refractivity (Wildman–Crippen MR) is 196 cm³/mol. The van der Waals surface area contributed by atoms with Crippen molar-refractivity contribution in [3.63, 3.8) is 0 Å². The molecule has 49 heavy (non-hydrogen) atoms. The maximum Gasteiger partial charge on any atom is 0.228 e. The molecule has 1 atom stereocenters. The molecule has 0 spiro atoms. The molecule has 1 amide bonds. The molecule has 0 radical (unpaired) electrons. The molecule has 0 fully saturated rings. The first-order chi connectivity index (χ1) is 23.8. The summed E-state index contributed by atoms with van der Waals surface area (Å²) in [4.78, 5) is 13.8. The molecule has 250 valence electrons. The van der Waals surface area contributed by atoms with Gasteiger partial charge in [-0.2, -0.15) is 5.10 Å². The lowest BCUT2D eigenvalue weighted by Crippen LogP contribution is -2.26. The Kier molecular flexibility index (Phi) is 11.0. The summed E-state index contributed by atoms with van der Waals surface area (Å²) in [5, 5.41) is 9.71. The molecule has 6 aromatic rings. The fraction of sp³-hybridized carbons (Fsp3) is 0.158. The lowest BCUT2D eigenvalue weighted by molar-refractivity contribution is -0.115. The molecule has 6 rings (SSSR count). The van der Waals surface area contributed by atoms with Crippen molar-refractivity contribution in [2.24, 2.45) is 0 Å². The first kappa shape index (κ1) is 34.2. The summed E-state index contributed by atoms with van der Waals surface area (Å²) >= 11 is 12.4. The van der Waals surface area contributed by atoms with E-state index in [9.17, 15) is 9.00 Å². The van der Waals surface area contributed by atoms with Gasteiger partial charge in [0.05, 0.1) is 37.6 Å². The van der Waals surface area contributed by atoms with Crippen LogP contribution in [0, 0.1) is 0 Å². The Morgan fingerprint density at radius 3 is 2.00 bits per heavy atom. The van der Waals surface area contributed by atoms with Crippen molar-refractivity contribution in [3.05, 3.63) is 148 Å². The van der Waals surface area contributed by atoms with Crippen LogP contribution in [0.5, 0.6) is 11.5 Å². The van der Waals surface area contributed by atoms with Gasteiger partial charge in [0.1, 0.15) is 22.5 Å². The van der Waals surface area contributed by atoms with Gasteiger partial charge in [-0.15, -0.1) is 0 Å². The molecule has 0 aliphatic heterocycles. The summed E-state index contributed by atoms with van der Waals surface area (Å²) in [7, 11) is 1.56. The average molecular weight is 714 g/mol. The number of hydrogen-bond donors (Lipinski definition) is 1. The van der Waals surface area contributed by atoms with E-state index in [2.05, 4.69) is 5.32 Å². The van der Waals surface area contributed by atoms with Crippen LogP contribution < -0.4 is 14.8 Å². The number of hydrogen-bond acceptors (Lipinski definition) is 5. The number of nitrogens with zero attached hydrogens (tertiary/aromatic N) is 3. The van der Waals surface area contributed by atoms with E-state index in [-0.39, 0.29) is 12.3 Å². The topological polar surface area (TPSA) is 85.7 Å². The van der Waals surface area contributed by atoms with E-state index in [1.807, 2.05) is 101 Å². The normalized spacial score (nSPS) is 11.9. The van der Waals surface area contributed by atoms with Crippen molar-refractivity contribution in [2.75, 3.05) is 19.5 Å². The Labute approximate surface area is 297 Å². The third kappa shape index (κ3) is 8.68. The fourth-order valence-corrected chi connectivity index (χ4v) is 7.13. The largest absolute Gasteiger partial charge is 0.497 e. The van der Waals surface area contributed by atoms with Crippen molar-refractivity contribution < 1.29 is 18.5 Å². The van der Waals surface area contributed by atoms with Crippen molar-refractivity contribution in [1.29, 1.82) is 0 Å². The summed E-state index contributed by atoms with van der Waals surface area (Å²) in [6, 6.07) is 33.8. The zero-order valence-electron chi connectivity index (χ0n) is 26.9. The molecule has 0 bridgehead atoms. The predicted octanol–water partition coefficient (Wildman–Crippen LogP) is 8.31. The number of methoxy groups -OCH3 is 2. The smallest absolute Gasteiger partial charge is 0.228 e. The van der Waals surface area contributed by atoms with Crippen LogP contribution >= 0.6 is 23.2 Å². The molecule has 0 saturated heterocycles. The van der Waals surface area contributed by atoms with Crippen molar-refractivity contribution in [3.8, 4) is 11.5 Å². The molecular formula is C38H34Cl2N4O4S. The van der Waals surface area contributed by atoms with Crippen LogP contribution in [-0.2, 0) is 41.8 Å². The van der Waals surface area contributed by atoms with Gasteiger partial charge in [0, 0.05) is 40.4 Å². The van der Waals surface area contributed by atoms with E-state index in [1.165, 1.54) is 0 Å². The Balaban J connectivity index is 1.38. The monoisotopic (exact) mass is 712 g/mol. The van der Waals surface area contributed by atoms with Gasteiger partial charge in [-0.1, -0.05) is 77.8 Å². The third-order valence-electron chi connectivity index (χ3n) is 7.94. The number of fused-ring (bicyclic) bond motifs is 1. The van der Waals surface area contributed by atoms with Crippen LogP contribution in [0.25, 0.3) is 10.9 Å². The quantitative estimate of drug-likeness (QED) is 0.130. The number of carbonyl (C=O) groups excluding carboxylic acids is 1. The van der Waals surface area contributed by atoms with Crippen molar-refractivity contribution >= 4 is 56.7 Å². The highest BCUT2D eigenvalue weighted by molar-refractivity contribution is 7.82. The fourth-order valence-electron chi connectivity index (χ4n) is 5.42. The van der Waals surface area contributed by atoms with Crippen molar-refractivity contribution in [2.45, 2.75) is 31.0 Å². The Bertz CT molecular complexity index is 2040. The molecule has 5 aromatic carbocycles. The lowest BCUT2D eigenvalue weighted by atomic mass is 10.1. The maximum absolute atomic E-state index is 14.8. The SMILES string of the molecule is COc1ccc(CN(Cc2ccc(OC)cc2)S(=O)c2cc(NC(=O)Cc3ccccc3Cl)cc3nn(Cc4ccc(Cl)cc4)cc23)cc1. The number of halogens is 2. The van der Waals surface area contributed by atoms with E-state index >= 15 is 0 Å². The van der Waals surface area contributed by atoms with Crippen molar-refractivity contribution in [1.82, 2.24) is 14.1 Å². The standard InChI is InChI=1S/C38H34Cl2N4O4S/c1-47-32-15-9-27(10-16-32)23-44(24-28-11-17-33(48-2)18-12-28)49(46)37-21-31(41-38(45)19-29-5-3-4-6-35(29)40)20-36-34(37)25-43(42-36)22-26-7-13-30(39)14-8-26/h3-18,20-21,25H,19,22-24H2,1-2H3,(H,41,45). The maximum atomic E-state index is 14.8. The van der Waals surface area contributed by atoms with Crippen LogP contribution in [0.1, 0.15) is 22.3 Å². The van der Waals surface area contributed by atoms with Crippen LogP contribution in [-0.4, -0.2) is 38.4 Å². The van der Waals surface area contributed by atoms with E-state index in [4.69, 9.17) is 37.8 Å². The van der Waals surface area contributed by atoms with Gasteiger partial charge >= 0.3 is 0 Å². The first-order valence-electron chi connectivity index (χ1n) is 15.5. The van der Waals surface area contributed by atoms with Crippen LogP contribution in [0.2, 0.25) is 10.0 Å². The second-order valence-corrected chi connectivity index (χ2v) is 13.7. The van der Waals surface area contributed by atoms with E-state index in [0.29, 0.717) is 56.7 Å². The molecule has 8 nitrogen and oxygen atoms in total. The van der Waals surface area contributed by atoms with Gasteiger partial charge < -0.3 is 14.8 Å². The van der Waals surface area contributed by atoms with Gasteiger partial charge in [0.2, 0.25) is 5.91 Å². The van der Waals surface area contributed by atoms with Crippen LogP contribution in [0.4, 0.5) is 5.69 Å². The molecule has 1 unspecified atom stereocenters. The summed E-state index contributed by atoms with van der Waals surface area (Å²) in [5.74, 6) is 1.22. The Morgan fingerprint density at radius 2 is 1.41 bits per heavy atom. The summed E-state index contributed by atoms with van der Waals surface area (Å²) < 4.78 is 29.2. The van der Waals surface area contributed by atoms with Gasteiger partial charge in [-0.3, -0.25) is 9.48 Å². The Hall–Kier alpha value is -4.67. The second-order valence-electron chi connectivity index (χ2n) is 11.4.